The van der Waals surface area contributed by atoms with E-state index in [0.717, 1.165) is 25.9 Å². The highest BCUT2D eigenvalue weighted by molar-refractivity contribution is 8.00. The van der Waals surface area contributed by atoms with Crippen molar-refractivity contribution in [1.29, 1.82) is 0 Å². The lowest BCUT2D eigenvalue weighted by atomic mass is 10.1. The van der Waals surface area contributed by atoms with Crippen molar-refractivity contribution in [3.63, 3.8) is 0 Å². The van der Waals surface area contributed by atoms with Crippen molar-refractivity contribution in [3.05, 3.63) is 47.7 Å². The number of nitrogens with zero attached hydrogens (tertiary/aromatic N) is 3. The number of anilines is 2. The van der Waals surface area contributed by atoms with E-state index in [-0.39, 0.29) is 40.8 Å². The molecular weight excluding hydrogens is 541 g/mol. The van der Waals surface area contributed by atoms with Crippen LogP contribution < -0.4 is 20.7 Å². The highest BCUT2D eigenvalue weighted by atomic mass is 32.2. The molecule has 0 unspecified atom stereocenters. The summed E-state index contributed by atoms with van der Waals surface area (Å²) in [5.74, 6) is 6.53. The second-order valence-corrected chi connectivity index (χ2v) is 9.88. The quantitative estimate of drug-likeness (QED) is 0.260. The van der Waals surface area contributed by atoms with E-state index in [4.69, 9.17) is 4.74 Å². The van der Waals surface area contributed by atoms with Crippen molar-refractivity contribution in [1.82, 2.24) is 19.8 Å². The van der Waals surface area contributed by atoms with Crippen molar-refractivity contribution in [2.45, 2.75) is 43.1 Å². The van der Waals surface area contributed by atoms with E-state index in [1.807, 2.05) is 19.9 Å². The van der Waals surface area contributed by atoms with Gasteiger partial charge in [-0.1, -0.05) is 25.8 Å². The van der Waals surface area contributed by atoms with Gasteiger partial charge in [-0.3, -0.25) is 4.79 Å². The Morgan fingerprint density at radius 1 is 1.20 bits per heavy atom. The summed E-state index contributed by atoms with van der Waals surface area (Å²) in [6, 6.07) is 10.3. The first-order chi connectivity index (χ1) is 19.2. The number of carbonyl (C=O) groups excluding carboxylic acids is 1. The van der Waals surface area contributed by atoms with E-state index in [9.17, 15) is 18.0 Å². The Hall–Kier alpha value is -3.56. The van der Waals surface area contributed by atoms with Crippen LogP contribution in [0.15, 0.2) is 41.3 Å². The second-order valence-electron chi connectivity index (χ2n) is 8.81. The zero-order valence-corrected chi connectivity index (χ0v) is 24.1. The number of hydrogen-bond donors (Lipinski definition) is 3. The van der Waals surface area contributed by atoms with E-state index in [1.54, 1.807) is 30.3 Å². The third-order valence-corrected chi connectivity index (χ3v) is 7.00. The van der Waals surface area contributed by atoms with Crippen molar-refractivity contribution < 1.29 is 22.7 Å². The normalized spacial score (nSPS) is 14.0. The van der Waals surface area contributed by atoms with Gasteiger partial charge in [0.1, 0.15) is 17.3 Å². The molecule has 0 saturated carbocycles. The Kier molecular flexibility index (Phi) is 11.0. The van der Waals surface area contributed by atoms with Crippen molar-refractivity contribution in [2.24, 2.45) is 0 Å². The molecule has 1 aliphatic heterocycles. The Balaban J connectivity index is 0.00000216. The maximum absolute atomic E-state index is 13.5. The molecule has 8 nitrogen and oxygen atoms in total. The van der Waals surface area contributed by atoms with Gasteiger partial charge in [0.05, 0.1) is 29.8 Å². The zero-order chi connectivity index (χ0) is 29.3. The minimum absolute atomic E-state index is 0.0397. The molecular formula is C28H35F3N6O2S. The van der Waals surface area contributed by atoms with Crippen molar-refractivity contribution in [3.8, 4) is 17.6 Å². The molecule has 0 radical (unpaired) electrons. The van der Waals surface area contributed by atoms with Gasteiger partial charge in [0.2, 0.25) is 0 Å². The number of thioether (sulfide) groups is 1. The molecule has 1 fully saturated rings. The molecule has 1 aromatic carbocycles. The number of alkyl halides is 3. The minimum atomic E-state index is -4.50. The van der Waals surface area contributed by atoms with Gasteiger partial charge in [0.15, 0.2) is 0 Å². The predicted molar refractivity (Wildman–Crippen MR) is 154 cm³/mol. The number of piperidine rings is 1. The maximum Gasteiger partial charge on any atom is 0.446 e. The largest absolute Gasteiger partial charge is 0.495 e. The second kappa shape index (κ2) is 14.2. The van der Waals surface area contributed by atoms with Crippen LogP contribution in [-0.4, -0.2) is 72.8 Å². The summed E-state index contributed by atoms with van der Waals surface area (Å²) in [7, 11) is 5.10. The number of rotatable bonds is 7. The summed E-state index contributed by atoms with van der Waals surface area (Å²) in [6.07, 6.45) is 1.86. The third kappa shape index (κ3) is 7.99. The number of ether oxygens (including phenoxy) is 1. The molecule has 1 amide bonds. The van der Waals surface area contributed by atoms with Crippen LogP contribution in [0.1, 0.15) is 42.7 Å². The molecule has 12 heteroatoms. The van der Waals surface area contributed by atoms with Gasteiger partial charge < -0.3 is 25.6 Å². The first-order valence-electron chi connectivity index (χ1n) is 13.0. The number of aromatic nitrogens is 2. The average Bonchev–Trinajstić information content (AvgIpc) is 3.29. The van der Waals surface area contributed by atoms with Crippen LogP contribution in [-0.2, 0) is 0 Å². The van der Waals surface area contributed by atoms with E-state index in [1.165, 1.54) is 18.7 Å². The molecule has 3 N–H and O–H groups in total. The fourth-order valence-electron chi connectivity index (χ4n) is 4.22. The molecule has 0 spiro atoms. The molecule has 3 heterocycles. The van der Waals surface area contributed by atoms with Crippen molar-refractivity contribution >= 4 is 34.7 Å². The number of benzene rings is 1. The van der Waals surface area contributed by atoms with Crippen LogP contribution in [0.4, 0.5) is 24.7 Å². The van der Waals surface area contributed by atoms with Crippen molar-refractivity contribution in [2.75, 3.05) is 51.5 Å². The predicted octanol–water partition coefficient (Wildman–Crippen LogP) is 5.31. The van der Waals surface area contributed by atoms with Crippen LogP contribution in [0.3, 0.4) is 0 Å². The third-order valence-electron chi connectivity index (χ3n) is 6.16. The first-order valence-corrected chi connectivity index (χ1v) is 13.9. The molecule has 216 valence electrons. The van der Waals surface area contributed by atoms with Gasteiger partial charge in [-0.2, -0.15) is 18.3 Å². The van der Waals surface area contributed by atoms with Crippen LogP contribution in [0.5, 0.6) is 5.75 Å². The molecule has 4 rings (SSSR count). The molecule has 0 aliphatic carbocycles. The van der Waals surface area contributed by atoms with Crippen LogP contribution in [0.2, 0.25) is 0 Å². The van der Waals surface area contributed by atoms with Gasteiger partial charge in [-0.25, -0.2) is 4.52 Å². The van der Waals surface area contributed by atoms with Crippen LogP contribution in [0.25, 0.3) is 5.52 Å². The lowest BCUT2D eigenvalue weighted by molar-refractivity contribution is -0.0327. The number of methoxy groups -OCH3 is 1. The summed E-state index contributed by atoms with van der Waals surface area (Å²) < 4.78 is 47.2. The number of nitrogens with one attached hydrogen (secondary N) is 3. The number of carbonyl (C=O) groups is 1. The van der Waals surface area contributed by atoms with Gasteiger partial charge >= 0.3 is 5.51 Å². The topological polar surface area (TPSA) is 82.9 Å². The van der Waals surface area contributed by atoms with E-state index in [2.05, 4.69) is 44.8 Å². The van der Waals surface area contributed by atoms with Gasteiger partial charge in [0.25, 0.3) is 5.91 Å². The fraction of sp³-hybridized carbons (Fsp3) is 0.429. The van der Waals surface area contributed by atoms with Gasteiger partial charge in [-0.05, 0) is 81.0 Å². The van der Waals surface area contributed by atoms with Crippen LogP contribution in [0, 0.1) is 11.8 Å². The number of fused-ring (bicyclic) bond motifs is 1. The Labute approximate surface area is 237 Å². The molecule has 1 saturated heterocycles. The summed E-state index contributed by atoms with van der Waals surface area (Å²) >= 11 is -0.218. The fourth-order valence-corrected chi connectivity index (χ4v) is 4.90. The Bertz CT molecular complexity index is 1360. The highest BCUT2D eigenvalue weighted by Gasteiger charge is 2.33. The molecule has 0 atom stereocenters. The van der Waals surface area contributed by atoms with E-state index < -0.39 is 5.51 Å². The number of likely N-dealkylation sites (tertiary alicyclic amines) is 1. The number of pyridine rings is 1. The molecule has 3 aromatic rings. The standard InChI is InChI=1S/C26H29F3N6O2S.C2H6/c1-30-25(36)17-9-10-22(37-3)20(16-17)31-13-5-6-19-24(38-26(27,28)29)21-7-4-8-23(35(21)33-19)32-18-11-14-34(2)15-12-18;1-2/h4,7-10,16,18,31-32H,11-15H2,1-3H3,(H,30,36);1-2H3. The molecule has 1 aliphatic rings. The smallest absolute Gasteiger partial charge is 0.446 e. The van der Waals surface area contributed by atoms with E-state index in [0.29, 0.717) is 28.3 Å². The lowest BCUT2D eigenvalue weighted by Gasteiger charge is -2.30. The van der Waals surface area contributed by atoms with Gasteiger partial charge in [0, 0.05) is 18.7 Å². The van der Waals surface area contributed by atoms with E-state index >= 15 is 0 Å². The SMILES string of the molecule is CC.CNC(=O)c1ccc(OC)c(NCC#Cc2nn3c(NC4CCN(C)CC4)cccc3c2SC(F)(F)F)c1. The minimum Gasteiger partial charge on any atom is -0.495 e. The summed E-state index contributed by atoms with van der Waals surface area (Å²) in [5, 5.41) is 13.5. The van der Waals surface area contributed by atoms with Crippen LogP contribution >= 0.6 is 11.8 Å². The molecule has 2 aromatic heterocycles. The van der Waals surface area contributed by atoms with Gasteiger partial charge in [-0.15, -0.1) is 0 Å². The zero-order valence-electron chi connectivity index (χ0n) is 23.3. The Morgan fingerprint density at radius 2 is 1.93 bits per heavy atom. The molecule has 0 bridgehead atoms. The number of halogens is 3. The number of hydrogen-bond acceptors (Lipinski definition) is 7. The summed E-state index contributed by atoms with van der Waals surface area (Å²) in [6.45, 7) is 5.99. The number of amides is 1. The average molecular weight is 577 g/mol. The summed E-state index contributed by atoms with van der Waals surface area (Å²) in [4.78, 5) is 14.2. The highest BCUT2D eigenvalue weighted by Crippen LogP contribution is 2.41. The maximum atomic E-state index is 13.5. The molecule has 40 heavy (non-hydrogen) atoms. The monoisotopic (exact) mass is 576 g/mol. The first kappa shape index (κ1) is 31.0. The summed E-state index contributed by atoms with van der Waals surface area (Å²) in [5.41, 5.74) is -3.16. The lowest BCUT2D eigenvalue weighted by Crippen LogP contribution is -2.37. The Morgan fingerprint density at radius 3 is 2.58 bits per heavy atom.